The fourth-order valence-corrected chi connectivity index (χ4v) is 13.3. The average Bonchev–Trinajstić information content (AvgIpc) is 3.96. The van der Waals surface area contributed by atoms with E-state index < -0.39 is 71.4 Å². The Balaban J connectivity index is 1.20. The first-order valence-corrected chi connectivity index (χ1v) is 26.7. The maximum atomic E-state index is 13.0. The van der Waals surface area contributed by atoms with Crippen LogP contribution >= 0.6 is 0 Å². The van der Waals surface area contributed by atoms with E-state index in [0.717, 1.165) is 42.4 Å². The van der Waals surface area contributed by atoms with Crippen molar-refractivity contribution < 1.29 is 64.2 Å². The Morgan fingerprint density at radius 3 is 2.59 bits per heavy atom. The van der Waals surface area contributed by atoms with E-state index in [1.54, 1.807) is 37.7 Å². The topological polar surface area (TPSA) is 234 Å². The molecule has 0 radical (unpaired) electrons. The Labute approximate surface area is 435 Å². The number of hydrogen-bond acceptors (Lipinski definition) is 13. The third-order valence-electron chi connectivity index (χ3n) is 16.9. The van der Waals surface area contributed by atoms with E-state index in [1.807, 2.05) is 41.0 Å². The summed E-state index contributed by atoms with van der Waals surface area (Å²) in [5.41, 5.74) is -0.288. The normalized spacial score (nSPS) is 32.1. The quantitative estimate of drug-likeness (QED) is 0.0326. The monoisotopic (exact) mass is 1020 g/mol. The number of hydrogen-bond donors (Lipinski definition) is 7. The van der Waals surface area contributed by atoms with Crippen LogP contribution in [0.2, 0.25) is 0 Å². The summed E-state index contributed by atoms with van der Waals surface area (Å²) < 4.78 is 35.0. The molecule has 74 heavy (non-hydrogen) atoms. The number of carbonyl (C=O) groups is 1. The molecule has 5 heterocycles. The van der Waals surface area contributed by atoms with Crippen LogP contribution < -0.4 is 4.74 Å². The summed E-state index contributed by atoms with van der Waals surface area (Å²) in [4.78, 5) is 11.6. The predicted octanol–water partition coefficient (Wildman–Crippen LogP) is 6.94. The molecular weight excluding hydrogens is 945 g/mol. The van der Waals surface area contributed by atoms with E-state index in [2.05, 4.69) is 37.7 Å². The van der Waals surface area contributed by atoms with Crippen molar-refractivity contribution in [3.8, 4) is 23.8 Å². The molecule has 4 aliphatic heterocycles. The van der Waals surface area contributed by atoms with E-state index in [4.69, 9.17) is 23.7 Å². The lowest BCUT2D eigenvalue weighted by Crippen LogP contribution is -2.71. The van der Waals surface area contributed by atoms with Gasteiger partial charge in [0.15, 0.2) is 5.60 Å². The number of nitriles is 1. The Bertz CT molecular complexity index is 2530. The van der Waals surface area contributed by atoms with Gasteiger partial charge in [0.05, 0.1) is 47.8 Å². The van der Waals surface area contributed by atoms with Gasteiger partial charge in [-0.3, -0.25) is 0 Å². The molecule has 15 heteroatoms. The zero-order valence-corrected chi connectivity index (χ0v) is 42.9. The second-order valence-corrected chi connectivity index (χ2v) is 21.8. The number of ether oxygens (including phenoxy) is 5. The van der Waals surface area contributed by atoms with Crippen molar-refractivity contribution >= 4 is 5.97 Å². The lowest BCUT2D eigenvalue weighted by Gasteiger charge is -2.54. The third-order valence-corrected chi connectivity index (χ3v) is 16.9. The summed E-state index contributed by atoms with van der Waals surface area (Å²) in [6.45, 7) is 6.03. The van der Waals surface area contributed by atoms with E-state index in [1.165, 1.54) is 0 Å². The number of aromatic carboxylic acids is 1. The van der Waals surface area contributed by atoms with E-state index in [0.29, 0.717) is 68.4 Å². The van der Waals surface area contributed by atoms with Crippen molar-refractivity contribution in [3.63, 3.8) is 0 Å². The minimum atomic E-state index is -1.83. The molecule has 9 rings (SSSR count). The first kappa shape index (κ1) is 55.0. The summed E-state index contributed by atoms with van der Waals surface area (Å²) >= 11 is 0. The maximum Gasteiger partial charge on any atom is 0.335 e. The van der Waals surface area contributed by atoms with Gasteiger partial charge in [-0.1, -0.05) is 50.0 Å². The number of methoxy groups -OCH3 is 1. The van der Waals surface area contributed by atoms with Gasteiger partial charge in [0.2, 0.25) is 6.29 Å². The van der Waals surface area contributed by atoms with E-state index >= 15 is 0 Å². The number of carboxylic acids is 1. The Kier molecular flexibility index (Phi) is 18.0. The van der Waals surface area contributed by atoms with Gasteiger partial charge in [0, 0.05) is 51.3 Å². The van der Waals surface area contributed by atoms with Gasteiger partial charge >= 0.3 is 5.97 Å². The zero-order chi connectivity index (χ0) is 52.6. The fraction of sp³-hybridized carbons (Fsp3) is 0.593. The standard InChI is InChI=1S/C59H76N2O13/c1-4-6-7-11-47-31-57(22-20-45-27-40(30-58(45,69)37-57)26-38-14-16-42(17-15-38)55(67)68)48-32-59(74-47)54(66)52(65)53(51(13-8-24-62)71-25-9-12-50(48)64)73-56(59)72-46-19-18-41(10-5-2)43(29-46)28-44(36-70-3)49(35-63)61-23-21-39(33-60)34-61/h5,14-19,21,23,29,31,34,40,44-45,48-54,56,62-66,69H,2,4,6-8,10-13,20,22,24,26-28,30,32,35-37H2,1,3H3,(H,67,68)/t40-,44-,45+,48-,49-,50+,51-,52-,53-,54+,56+,57-,58-,59-/m1/s1. The minimum absolute atomic E-state index is 0.00712. The molecule has 15 nitrogen and oxygen atoms in total. The van der Waals surface area contributed by atoms with Gasteiger partial charge < -0.3 is 64.0 Å². The second-order valence-electron chi connectivity index (χ2n) is 21.8. The Morgan fingerprint density at radius 1 is 1.08 bits per heavy atom. The van der Waals surface area contributed by atoms with Crippen molar-refractivity contribution in [2.75, 3.05) is 26.9 Å². The highest BCUT2D eigenvalue weighted by Crippen LogP contribution is 2.62. The highest BCUT2D eigenvalue weighted by atomic mass is 16.7. The number of aliphatic hydroxyl groups is 6. The van der Waals surface area contributed by atoms with Crippen LogP contribution in [0.15, 0.2) is 85.4 Å². The summed E-state index contributed by atoms with van der Waals surface area (Å²) in [7, 11) is 1.61. The number of carboxylic acid groups (broad SMARTS) is 1. The molecule has 6 aliphatic rings. The van der Waals surface area contributed by atoms with Crippen LogP contribution in [0.4, 0.5) is 0 Å². The molecule has 3 bridgehead atoms. The van der Waals surface area contributed by atoms with Gasteiger partial charge in [-0.15, -0.1) is 6.58 Å². The van der Waals surface area contributed by atoms with Crippen LogP contribution in [0.5, 0.6) is 5.75 Å². The molecule has 7 N–H and O–H groups in total. The molecule has 0 unspecified atom stereocenters. The number of rotatable bonds is 21. The molecule has 2 saturated carbocycles. The lowest BCUT2D eigenvalue weighted by atomic mass is 9.55. The lowest BCUT2D eigenvalue weighted by molar-refractivity contribution is -0.337. The third kappa shape index (κ3) is 11.8. The zero-order valence-electron chi connectivity index (χ0n) is 42.9. The van der Waals surface area contributed by atoms with Gasteiger partial charge in [0.1, 0.15) is 42.3 Å². The van der Waals surface area contributed by atoms with Crippen molar-refractivity contribution in [1.82, 2.24) is 4.57 Å². The van der Waals surface area contributed by atoms with Gasteiger partial charge in [-0.25, -0.2) is 4.79 Å². The smallest absolute Gasteiger partial charge is 0.335 e. The first-order chi connectivity index (χ1) is 35.7. The van der Waals surface area contributed by atoms with Crippen molar-refractivity contribution in [1.29, 1.82) is 5.26 Å². The van der Waals surface area contributed by atoms with Gasteiger partial charge in [-0.05, 0) is 147 Å². The van der Waals surface area contributed by atoms with E-state index in [9.17, 15) is 45.8 Å². The van der Waals surface area contributed by atoms with Crippen molar-refractivity contribution in [2.45, 2.75) is 164 Å². The molecule has 1 saturated heterocycles. The molecule has 0 amide bonds. The van der Waals surface area contributed by atoms with Gasteiger partial charge in [0.25, 0.3) is 0 Å². The molecule has 400 valence electrons. The molecule has 3 fully saturated rings. The summed E-state index contributed by atoms with van der Waals surface area (Å²) in [6.07, 6.45) is 10.3. The minimum Gasteiger partial charge on any atom is -0.482 e. The number of aliphatic hydroxyl groups excluding tert-OH is 5. The van der Waals surface area contributed by atoms with Crippen LogP contribution in [0, 0.1) is 52.4 Å². The maximum absolute atomic E-state index is 13.0. The highest BCUT2D eigenvalue weighted by Gasteiger charge is 2.66. The van der Waals surface area contributed by atoms with Crippen LogP contribution in [0.25, 0.3) is 0 Å². The molecular formula is C59H76N2O13. The SMILES string of the molecule is C=CCc1ccc(O[C@H]2O[C@H]3[C@@H](O)[C@H](O)[C@]24C[C@H]([C@@H](O)CC#CO[C@@H]3CCCO)[C@@]2(C=C(CCCCC)O4)CC[C@H]3C[C@@H](Cc4ccc(C(=O)O)cc4)C[C@@]3(O)C2)cc1C[C@H](COC)[C@@H](CO)n1ccc(C#N)c1. The number of benzene rings is 2. The number of nitrogens with zero attached hydrogens (tertiary/aromatic N) is 2. The van der Waals surface area contributed by atoms with Crippen LogP contribution in [0.3, 0.4) is 0 Å². The van der Waals surface area contributed by atoms with Crippen molar-refractivity contribution in [2.24, 2.45) is 29.1 Å². The summed E-state index contributed by atoms with van der Waals surface area (Å²) in [5.74, 6) is 2.13. The van der Waals surface area contributed by atoms with Crippen LogP contribution in [0.1, 0.15) is 129 Å². The van der Waals surface area contributed by atoms with Crippen molar-refractivity contribution in [3.05, 3.63) is 113 Å². The summed E-state index contributed by atoms with van der Waals surface area (Å²) in [5, 5.41) is 90.8. The van der Waals surface area contributed by atoms with Gasteiger partial charge in [-0.2, -0.15) is 5.26 Å². The average molecular weight is 1020 g/mol. The summed E-state index contributed by atoms with van der Waals surface area (Å²) in [6, 6.07) is 16.0. The van der Waals surface area contributed by atoms with E-state index in [-0.39, 0.29) is 68.8 Å². The molecule has 2 spiro atoms. The highest BCUT2D eigenvalue weighted by molar-refractivity contribution is 5.87. The largest absolute Gasteiger partial charge is 0.482 e. The molecule has 2 aromatic carbocycles. The first-order valence-electron chi connectivity index (χ1n) is 26.7. The number of allylic oxidation sites excluding steroid dienone is 3. The number of fused-ring (bicyclic) bond motifs is 7. The van der Waals surface area contributed by atoms with Crippen LogP contribution in [-0.4, -0.2) is 121 Å². The Hall–Kier alpha value is -5.20. The predicted molar refractivity (Wildman–Crippen MR) is 274 cm³/mol. The fourth-order valence-electron chi connectivity index (χ4n) is 13.3. The second kappa shape index (κ2) is 24.2. The Morgan fingerprint density at radius 2 is 1.89 bits per heavy atom. The number of aromatic nitrogens is 1. The number of unbranched alkanes of at least 4 members (excludes halogenated alkanes) is 2. The molecule has 3 aromatic rings. The molecule has 2 aliphatic carbocycles. The van der Waals surface area contributed by atoms with Crippen LogP contribution in [-0.2, 0) is 38.2 Å². The molecule has 14 atom stereocenters. The molecule has 1 aromatic heterocycles.